The number of nitrogens with zero attached hydrogens (tertiary/aromatic N) is 3. The van der Waals surface area contributed by atoms with Crippen LogP contribution in [0.3, 0.4) is 0 Å². The maximum absolute atomic E-state index is 12.8. The zero-order valence-corrected chi connectivity index (χ0v) is 13.6. The molecule has 0 N–H and O–H groups in total. The van der Waals surface area contributed by atoms with Crippen molar-refractivity contribution in [3.63, 3.8) is 0 Å². The van der Waals surface area contributed by atoms with Gasteiger partial charge in [-0.3, -0.25) is 4.79 Å². The van der Waals surface area contributed by atoms with Crippen molar-refractivity contribution in [2.45, 2.75) is 56.9 Å². The molecule has 0 bridgehead atoms. The van der Waals surface area contributed by atoms with Crippen LogP contribution in [0.1, 0.15) is 56.7 Å². The van der Waals surface area contributed by atoms with Crippen LogP contribution >= 0.6 is 0 Å². The Morgan fingerprint density at radius 2 is 1.96 bits per heavy atom. The number of carbonyl (C=O) groups is 1. The summed E-state index contributed by atoms with van der Waals surface area (Å²) in [5.74, 6) is 0.908. The summed E-state index contributed by atoms with van der Waals surface area (Å²) >= 11 is 0. The number of rotatable bonds is 3. The van der Waals surface area contributed by atoms with E-state index in [-0.39, 0.29) is 5.91 Å². The first kappa shape index (κ1) is 13.3. The topological polar surface area (TPSA) is 38.1 Å². The van der Waals surface area contributed by atoms with Crippen LogP contribution in [-0.2, 0) is 10.2 Å². The second kappa shape index (κ2) is 4.25. The second-order valence-corrected chi connectivity index (χ2v) is 7.71. The monoisotopic (exact) mass is 307 g/mol. The molecular weight excluding hydrogens is 286 g/mol. The fourth-order valence-corrected chi connectivity index (χ4v) is 3.70. The Balaban J connectivity index is 1.59. The van der Waals surface area contributed by atoms with Crippen LogP contribution in [0.4, 0.5) is 5.69 Å². The van der Waals surface area contributed by atoms with Gasteiger partial charge in [0.15, 0.2) is 0 Å². The van der Waals surface area contributed by atoms with E-state index in [0.717, 1.165) is 29.8 Å². The van der Waals surface area contributed by atoms with Crippen molar-refractivity contribution in [3.05, 3.63) is 42.0 Å². The summed E-state index contributed by atoms with van der Waals surface area (Å²) in [6.45, 7) is 4.08. The van der Waals surface area contributed by atoms with Gasteiger partial charge >= 0.3 is 0 Å². The number of imidazole rings is 1. The van der Waals surface area contributed by atoms with Crippen molar-refractivity contribution in [1.82, 2.24) is 9.55 Å². The van der Waals surface area contributed by atoms with Crippen molar-refractivity contribution >= 4 is 11.6 Å². The number of amides is 1. The van der Waals surface area contributed by atoms with E-state index in [1.54, 1.807) is 0 Å². The lowest BCUT2D eigenvalue weighted by atomic mass is 9.86. The zero-order chi connectivity index (χ0) is 15.8. The molecule has 1 amide bonds. The maximum atomic E-state index is 12.8. The van der Waals surface area contributed by atoms with Crippen LogP contribution in [0.15, 0.2) is 30.7 Å². The molecule has 0 spiro atoms. The van der Waals surface area contributed by atoms with Gasteiger partial charge in [-0.2, -0.15) is 0 Å². The van der Waals surface area contributed by atoms with Gasteiger partial charge in [0, 0.05) is 23.8 Å². The highest BCUT2D eigenvalue weighted by Crippen LogP contribution is 2.47. The highest BCUT2D eigenvalue weighted by molar-refractivity contribution is 6.08. The van der Waals surface area contributed by atoms with E-state index in [0.29, 0.717) is 12.0 Å². The van der Waals surface area contributed by atoms with E-state index in [9.17, 15) is 4.79 Å². The van der Waals surface area contributed by atoms with E-state index >= 15 is 0 Å². The van der Waals surface area contributed by atoms with E-state index in [1.165, 1.54) is 18.5 Å². The fraction of sp³-hybridized carbons (Fsp3) is 0.474. The molecule has 0 unspecified atom stereocenters. The lowest BCUT2D eigenvalue weighted by molar-refractivity contribution is -0.122. The predicted octanol–water partition coefficient (Wildman–Crippen LogP) is 3.54. The lowest BCUT2D eigenvalue weighted by Crippen LogP contribution is -2.37. The van der Waals surface area contributed by atoms with E-state index in [1.807, 2.05) is 25.1 Å². The first-order chi connectivity index (χ1) is 11.1. The van der Waals surface area contributed by atoms with Crippen molar-refractivity contribution in [2.75, 3.05) is 4.90 Å². The molecule has 2 saturated carbocycles. The minimum atomic E-state index is -0.412. The first-order valence-electron chi connectivity index (χ1n) is 8.58. The summed E-state index contributed by atoms with van der Waals surface area (Å²) in [5, 5.41) is 0. The third-order valence-corrected chi connectivity index (χ3v) is 5.48. The average Bonchev–Trinajstić information content (AvgIpc) is 3.46. The van der Waals surface area contributed by atoms with Crippen LogP contribution in [0, 0.1) is 0 Å². The van der Waals surface area contributed by atoms with Gasteiger partial charge in [0.2, 0.25) is 5.91 Å². The van der Waals surface area contributed by atoms with Crippen molar-refractivity contribution < 1.29 is 4.79 Å². The molecule has 3 aliphatic rings. The highest BCUT2D eigenvalue weighted by atomic mass is 16.2. The van der Waals surface area contributed by atoms with Gasteiger partial charge in [-0.15, -0.1) is 0 Å². The van der Waals surface area contributed by atoms with E-state index < -0.39 is 5.41 Å². The van der Waals surface area contributed by atoms with Gasteiger partial charge < -0.3 is 9.47 Å². The predicted molar refractivity (Wildman–Crippen MR) is 89.1 cm³/mol. The van der Waals surface area contributed by atoms with Gasteiger partial charge in [0.1, 0.15) is 0 Å². The van der Waals surface area contributed by atoms with Crippen LogP contribution in [0.5, 0.6) is 0 Å². The smallest absolute Gasteiger partial charge is 0.237 e. The Morgan fingerprint density at radius 1 is 1.17 bits per heavy atom. The molecule has 118 valence electrons. The zero-order valence-electron chi connectivity index (χ0n) is 13.6. The Labute approximate surface area is 136 Å². The van der Waals surface area contributed by atoms with Crippen LogP contribution < -0.4 is 4.90 Å². The summed E-state index contributed by atoms with van der Waals surface area (Å²) in [4.78, 5) is 19.4. The molecule has 2 aliphatic carbocycles. The number of fused-ring (bicyclic) bond motifs is 1. The van der Waals surface area contributed by atoms with Gasteiger partial charge in [0.25, 0.3) is 0 Å². The number of benzene rings is 1. The molecule has 2 fully saturated rings. The first-order valence-corrected chi connectivity index (χ1v) is 8.58. The van der Waals surface area contributed by atoms with Gasteiger partial charge in [-0.25, -0.2) is 4.98 Å². The minimum absolute atomic E-state index is 0.247. The number of anilines is 1. The summed E-state index contributed by atoms with van der Waals surface area (Å²) in [6, 6.07) is 6.81. The maximum Gasteiger partial charge on any atom is 0.237 e. The Hall–Kier alpha value is -2.10. The molecule has 0 saturated heterocycles. The summed E-state index contributed by atoms with van der Waals surface area (Å²) in [7, 11) is 0. The quantitative estimate of drug-likeness (QED) is 0.870. The van der Waals surface area contributed by atoms with E-state index in [2.05, 4.69) is 33.9 Å². The molecule has 4 nitrogen and oxygen atoms in total. The molecule has 23 heavy (non-hydrogen) atoms. The molecule has 5 rings (SSSR count). The van der Waals surface area contributed by atoms with Gasteiger partial charge in [0.05, 0.1) is 23.1 Å². The van der Waals surface area contributed by atoms with Gasteiger partial charge in [-0.05, 0) is 57.2 Å². The number of aromatic nitrogens is 2. The van der Waals surface area contributed by atoms with Gasteiger partial charge in [-0.1, -0.05) is 6.07 Å². The third kappa shape index (κ3) is 1.90. The summed E-state index contributed by atoms with van der Waals surface area (Å²) < 4.78 is 2.09. The number of carbonyl (C=O) groups excluding carboxylic acids is 1. The summed E-state index contributed by atoms with van der Waals surface area (Å²) in [5.41, 5.74) is 4.13. The normalized spacial score (nSPS) is 22.5. The molecule has 0 radical (unpaired) electrons. The standard InChI is InChI=1S/C19H21N3O/c1-19(2)15-8-7-14(21-10-16(20-11-21)12-3-4-12)9-17(15)22(18(19)23)13-5-6-13/h7-13H,3-6H2,1-2H3. The highest BCUT2D eigenvalue weighted by Gasteiger charge is 2.49. The van der Waals surface area contributed by atoms with Crippen LogP contribution in [0.2, 0.25) is 0 Å². The minimum Gasteiger partial charge on any atom is -0.308 e. The average molecular weight is 307 g/mol. The summed E-state index contributed by atoms with van der Waals surface area (Å²) in [6.07, 6.45) is 8.82. The Bertz CT molecular complexity index is 812. The fourth-order valence-electron chi connectivity index (χ4n) is 3.70. The second-order valence-electron chi connectivity index (χ2n) is 7.71. The molecule has 0 atom stereocenters. The van der Waals surface area contributed by atoms with Crippen molar-refractivity contribution in [2.24, 2.45) is 0 Å². The van der Waals surface area contributed by atoms with Crippen LogP contribution in [-0.4, -0.2) is 21.5 Å². The SMILES string of the molecule is CC1(C)C(=O)N(C2CC2)c2cc(-n3cnc(C4CC4)c3)ccc21. The van der Waals surface area contributed by atoms with Crippen molar-refractivity contribution in [3.8, 4) is 5.69 Å². The van der Waals surface area contributed by atoms with Crippen LogP contribution in [0.25, 0.3) is 5.69 Å². The molecule has 2 aromatic rings. The molecule has 1 aromatic heterocycles. The molecule has 2 heterocycles. The lowest BCUT2D eigenvalue weighted by Gasteiger charge is -2.19. The molecule has 1 aromatic carbocycles. The van der Waals surface area contributed by atoms with Crippen molar-refractivity contribution in [1.29, 1.82) is 0 Å². The third-order valence-electron chi connectivity index (χ3n) is 5.48. The number of hydrogen-bond donors (Lipinski definition) is 0. The molecule has 1 aliphatic heterocycles. The molecule has 4 heteroatoms. The molecular formula is C19H21N3O. The Morgan fingerprint density at radius 3 is 2.65 bits per heavy atom. The van der Waals surface area contributed by atoms with E-state index in [4.69, 9.17) is 0 Å². The largest absolute Gasteiger partial charge is 0.308 e. The Kier molecular flexibility index (Phi) is 2.47. The number of hydrogen-bond acceptors (Lipinski definition) is 2.